The summed E-state index contributed by atoms with van der Waals surface area (Å²) in [4.78, 5) is 12.0. The lowest BCUT2D eigenvalue weighted by Crippen LogP contribution is -2.17. The van der Waals surface area contributed by atoms with Crippen LogP contribution < -0.4 is 10.2 Å². The molecule has 0 unspecified atom stereocenters. The van der Waals surface area contributed by atoms with Crippen LogP contribution in [0.4, 0.5) is 0 Å². The zero-order chi connectivity index (χ0) is 17.7. The first-order valence-electron chi connectivity index (χ1n) is 8.89. The van der Waals surface area contributed by atoms with Gasteiger partial charge in [-0.3, -0.25) is 4.79 Å². The van der Waals surface area contributed by atoms with E-state index in [-0.39, 0.29) is 5.91 Å². The standard InChI is InChI=1S/C20H26N2O3/c1-2-3-4-5-6-7-14-24-18-12-10-17(11-13-18)20(23)22-21-16-19-9-8-15-25-19/h8-13,15-16H,2-7,14H2,1H3,(H,22,23). The summed E-state index contributed by atoms with van der Waals surface area (Å²) in [5.74, 6) is 1.09. The van der Waals surface area contributed by atoms with E-state index in [9.17, 15) is 4.79 Å². The van der Waals surface area contributed by atoms with Gasteiger partial charge in [0, 0.05) is 5.56 Å². The molecule has 0 saturated carbocycles. The summed E-state index contributed by atoms with van der Waals surface area (Å²) in [7, 11) is 0. The van der Waals surface area contributed by atoms with Gasteiger partial charge in [-0.25, -0.2) is 5.43 Å². The highest BCUT2D eigenvalue weighted by Crippen LogP contribution is 2.13. The first kappa shape index (κ1) is 18.8. The van der Waals surface area contributed by atoms with Crippen molar-refractivity contribution in [3.8, 4) is 5.75 Å². The van der Waals surface area contributed by atoms with Crippen LogP contribution >= 0.6 is 0 Å². The van der Waals surface area contributed by atoms with Crippen LogP contribution in [-0.4, -0.2) is 18.7 Å². The number of rotatable bonds is 11. The Morgan fingerprint density at radius 1 is 1.12 bits per heavy atom. The molecule has 2 rings (SSSR count). The second-order valence-corrected chi connectivity index (χ2v) is 5.86. The number of ether oxygens (including phenoxy) is 1. The van der Waals surface area contributed by atoms with Gasteiger partial charge in [0.2, 0.25) is 0 Å². The number of unbranched alkanes of at least 4 members (excludes halogenated alkanes) is 5. The Bertz CT molecular complexity index is 633. The van der Waals surface area contributed by atoms with Crippen molar-refractivity contribution >= 4 is 12.1 Å². The van der Waals surface area contributed by atoms with Crippen molar-refractivity contribution in [1.29, 1.82) is 0 Å². The van der Waals surface area contributed by atoms with Crippen molar-refractivity contribution < 1.29 is 13.9 Å². The largest absolute Gasteiger partial charge is 0.494 e. The third-order valence-corrected chi connectivity index (χ3v) is 3.78. The fraction of sp³-hybridized carbons (Fsp3) is 0.400. The highest BCUT2D eigenvalue weighted by Gasteiger charge is 2.04. The fourth-order valence-corrected chi connectivity index (χ4v) is 2.36. The maximum Gasteiger partial charge on any atom is 0.271 e. The maximum atomic E-state index is 12.0. The quantitative estimate of drug-likeness (QED) is 0.363. The minimum atomic E-state index is -0.273. The smallest absolute Gasteiger partial charge is 0.271 e. The van der Waals surface area contributed by atoms with Crippen LogP contribution in [0.15, 0.2) is 52.2 Å². The van der Waals surface area contributed by atoms with E-state index in [0.717, 1.165) is 12.2 Å². The first-order valence-corrected chi connectivity index (χ1v) is 8.89. The molecule has 5 heteroatoms. The third-order valence-electron chi connectivity index (χ3n) is 3.78. The van der Waals surface area contributed by atoms with Crippen LogP contribution in [-0.2, 0) is 0 Å². The summed E-state index contributed by atoms with van der Waals surface area (Å²) in [5, 5.41) is 3.85. The second-order valence-electron chi connectivity index (χ2n) is 5.86. The molecule has 5 nitrogen and oxygen atoms in total. The summed E-state index contributed by atoms with van der Waals surface area (Å²) < 4.78 is 10.8. The molecule has 0 atom stereocenters. The molecule has 1 heterocycles. The molecule has 2 aromatic rings. The molecule has 1 aromatic heterocycles. The fourth-order valence-electron chi connectivity index (χ4n) is 2.36. The van der Waals surface area contributed by atoms with Crippen LogP contribution in [0.3, 0.4) is 0 Å². The van der Waals surface area contributed by atoms with Gasteiger partial charge in [0.05, 0.1) is 19.1 Å². The van der Waals surface area contributed by atoms with Gasteiger partial charge in [0.15, 0.2) is 0 Å². The molecule has 0 radical (unpaired) electrons. The number of nitrogens with zero attached hydrogens (tertiary/aromatic N) is 1. The van der Waals surface area contributed by atoms with E-state index in [1.807, 2.05) is 12.1 Å². The molecule has 1 aromatic carbocycles. The Labute approximate surface area is 149 Å². The maximum absolute atomic E-state index is 12.0. The summed E-state index contributed by atoms with van der Waals surface area (Å²) in [5.41, 5.74) is 2.99. The summed E-state index contributed by atoms with van der Waals surface area (Å²) in [6.07, 6.45) is 10.4. The van der Waals surface area contributed by atoms with Crippen LogP contribution in [0.1, 0.15) is 61.6 Å². The molecule has 1 N–H and O–H groups in total. The van der Waals surface area contributed by atoms with Crippen LogP contribution in [0.2, 0.25) is 0 Å². The zero-order valence-electron chi connectivity index (χ0n) is 14.7. The Balaban J connectivity index is 1.67. The lowest BCUT2D eigenvalue weighted by atomic mass is 10.1. The minimum Gasteiger partial charge on any atom is -0.494 e. The summed E-state index contributed by atoms with van der Waals surface area (Å²) in [6.45, 7) is 2.93. The molecule has 0 aliphatic carbocycles. The number of benzene rings is 1. The zero-order valence-corrected chi connectivity index (χ0v) is 14.7. The minimum absolute atomic E-state index is 0.273. The van der Waals surface area contributed by atoms with E-state index in [1.54, 1.807) is 30.5 Å². The van der Waals surface area contributed by atoms with Crippen LogP contribution in [0, 0.1) is 0 Å². The van der Waals surface area contributed by atoms with Crippen LogP contribution in [0.25, 0.3) is 0 Å². The van der Waals surface area contributed by atoms with Crippen molar-refractivity contribution in [1.82, 2.24) is 5.43 Å². The van der Waals surface area contributed by atoms with Crippen molar-refractivity contribution in [2.75, 3.05) is 6.61 Å². The monoisotopic (exact) mass is 342 g/mol. The molecule has 0 spiro atoms. The molecule has 0 fully saturated rings. The summed E-state index contributed by atoms with van der Waals surface area (Å²) >= 11 is 0. The van der Waals surface area contributed by atoms with E-state index in [4.69, 9.17) is 9.15 Å². The molecule has 0 saturated heterocycles. The SMILES string of the molecule is CCCCCCCCOc1ccc(C(=O)NN=Cc2ccco2)cc1. The normalized spacial score (nSPS) is 10.9. The number of hydrazone groups is 1. The highest BCUT2D eigenvalue weighted by atomic mass is 16.5. The average molecular weight is 342 g/mol. The molecular formula is C20H26N2O3. The number of furan rings is 1. The molecule has 25 heavy (non-hydrogen) atoms. The topological polar surface area (TPSA) is 63.8 Å². The van der Waals surface area contributed by atoms with Gasteiger partial charge in [-0.05, 0) is 42.8 Å². The first-order chi connectivity index (χ1) is 12.3. The number of hydrogen-bond acceptors (Lipinski definition) is 4. The van der Waals surface area contributed by atoms with E-state index in [0.29, 0.717) is 17.9 Å². The van der Waals surface area contributed by atoms with E-state index in [2.05, 4.69) is 17.5 Å². The number of hydrogen-bond donors (Lipinski definition) is 1. The van der Waals surface area contributed by atoms with Gasteiger partial charge in [0.25, 0.3) is 5.91 Å². The molecule has 0 aliphatic rings. The van der Waals surface area contributed by atoms with E-state index < -0.39 is 0 Å². The highest BCUT2D eigenvalue weighted by molar-refractivity contribution is 5.94. The lowest BCUT2D eigenvalue weighted by molar-refractivity contribution is 0.0955. The van der Waals surface area contributed by atoms with Crippen molar-refractivity contribution in [3.63, 3.8) is 0 Å². The Hall–Kier alpha value is -2.56. The van der Waals surface area contributed by atoms with Crippen molar-refractivity contribution in [2.45, 2.75) is 45.4 Å². The lowest BCUT2D eigenvalue weighted by Gasteiger charge is -2.07. The molecule has 1 amide bonds. The predicted molar refractivity (Wildman–Crippen MR) is 99.1 cm³/mol. The van der Waals surface area contributed by atoms with Gasteiger partial charge >= 0.3 is 0 Å². The molecular weight excluding hydrogens is 316 g/mol. The Kier molecular flexibility index (Phi) is 8.32. The van der Waals surface area contributed by atoms with Gasteiger partial charge in [-0.1, -0.05) is 39.0 Å². The van der Waals surface area contributed by atoms with Gasteiger partial charge < -0.3 is 9.15 Å². The molecule has 0 bridgehead atoms. The Morgan fingerprint density at radius 3 is 2.60 bits per heavy atom. The predicted octanol–water partition coefficient (Wildman–Crippen LogP) is 4.78. The van der Waals surface area contributed by atoms with Crippen LogP contribution in [0.5, 0.6) is 5.75 Å². The Morgan fingerprint density at radius 2 is 1.88 bits per heavy atom. The van der Waals surface area contributed by atoms with Gasteiger partial charge in [-0.15, -0.1) is 0 Å². The molecule has 134 valence electrons. The third kappa shape index (κ3) is 7.25. The van der Waals surface area contributed by atoms with E-state index >= 15 is 0 Å². The summed E-state index contributed by atoms with van der Waals surface area (Å²) in [6, 6.07) is 10.6. The van der Waals surface area contributed by atoms with Gasteiger partial charge in [0.1, 0.15) is 11.5 Å². The second kappa shape index (κ2) is 11.1. The van der Waals surface area contributed by atoms with E-state index in [1.165, 1.54) is 38.3 Å². The van der Waals surface area contributed by atoms with Crippen molar-refractivity contribution in [3.05, 3.63) is 54.0 Å². The average Bonchev–Trinajstić information content (AvgIpc) is 3.15. The van der Waals surface area contributed by atoms with Gasteiger partial charge in [-0.2, -0.15) is 5.10 Å². The number of carbonyl (C=O) groups is 1. The number of carbonyl (C=O) groups excluding carboxylic acids is 1. The number of nitrogens with one attached hydrogen (secondary N) is 1. The van der Waals surface area contributed by atoms with Crippen molar-refractivity contribution in [2.24, 2.45) is 5.10 Å². The number of amides is 1. The molecule has 0 aliphatic heterocycles.